The number of ether oxygens (including phenoxy) is 2. The van der Waals surface area contributed by atoms with E-state index in [0.29, 0.717) is 15.8 Å². The number of para-hydroxylation sites is 1. The molecule has 3 aromatic carbocycles. The van der Waals surface area contributed by atoms with Crippen molar-refractivity contribution in [3.05, 3.63) is 82.8 Å². The number of amides is 1. The van der Waals surface area contributed by atoms with E-state index >= 15 is 0 Å². The summed E-state index contributed by atoms with van der Waals surface area (Å²) in [5, 5.41) is 3.54. The van der Waals surface area contributed by atoms with Crippen LogP contribution in [0.3, 0.4) is 0 Å². The van der Waals surface area contributed by atoms with Gasteiger partial charge >= 0.3 is 0 Å². The highest BCUT2D eigenvalue weighted by atomic mass is 35.5. The first-order valence-corrected chi connectivity index (χ1v) is 12.2. The largest absolute Gasteiger partial charge is 0.490 e. The van der Waals surface area contributed by atoms with Crippen LogP contribution in [0.2, 0.25) is 10.0 Å². The van der Waals surface area contributed by atoms with Crippen molar-refractivity contribution in [3.8, 4) is 11.5 Å². The van der Waals surface area contributed by atoms with Crippen LogP contribution < -0.4 is 19.1 Å². The highest BCUT2D eigenvalue weighted by molar-refractivity contribution is 7.92. The molecule has 0 radical (unpaired) electrons. The van der Waals surface area contributed by atoms with Gasteiger partial charge in [0.2, 0.25) is 0 Å². The van der Waals surface area contributed by atoms with Gasteiger partial charge in [0.15, 0.2) is 6.10 Å². The Kier molecular flexibility index (Phi) is 6.97. The van der Waals surface area contributed by atoms with E-state index in [4.69, 9.17) is 32.7 Å². The fourth-order valence-electron chi connectivity index (χ4n) is 3.32. The van der Waals surface area contributed by atoms with Gasteiger partial charge in [-0.15, -0.1) is 0 Å². The first kappa shape index (κ1) is 23.2. The molecule has 0 unspecified atom stereocenters. The van der Waals surface area contributed by atoms with Crippen molar-refractivity contribution in [2.45, 2.75) is 11.0 Å². The molecule has 172 valence electrons. The molecule has 0 bridgehead atoms. The summed E-state index contributed by atoms with van der Waals surface area (Å²) >= 11 is 12.2. The maximum Gasteiger partial charge on any atom is 0.264 e. The molecular formula is C23H20Cl2N2O5S. The summed E-state index contributed by atoms with van der Waals surface area (Å²) in [4.78, 5) is 12.9. The van der Waals surface area contributed by atoms with Crippen LogP contribution in [0.5, 0.6) is 11.5 Å². The van der Waals surface area contributed by atoms with Gasteiger partial charge in [-0.25, -0.2) is 8.42 Å². The molecule has 0 aromatic heterocycles. The number of fused-ring (bicyclic) bond motifs is 1. The third-order valence-corrected chi connectivity index (χ3v) is 7.25. The highest BCUT2D eigenvalue weighted by Crippen LogP contribution is 2.38. The molecule has 7 nitrogen and oxygen atoms in total. The van der Waals surface area contributed by atoms with Crippen LogP contribution in [0.1, 0.15) is 0 Å². The number of sulfonamides is 1. The Balaban J connectivity index is 1.49. The number of halogens is 2. The minimum atomic E-state index is -3.95. The molecule has 0 saturated carbocycles. The molecule has 1 amide bonds. The predicted octanol–water partition coefficient (Wildman–Crippen LogP) is 4.14. The van der Waals surface area contributed by atoms with Crippen LogP contribution in [0.25, 0.3) is 0 Å². The van der Waals surface area contributed by atoms with Gasteiger partial charge in [-0.3, -0.25) is 9.10 Å². The second-order valence-corrected chi connectivity index (χ2v) is 9.84. The van der Waals surface area contributed by atoms with Gasteiger partial charge in [0.05, 0.1) is 28.7 Å². The van der Waals surface area contributed by atoms with E-state index in [1.807, 2.05) is 0 Å². The summed E-state index contributed by atoms with van der Waals surface area (Å²) < 4.78 is 39.2. The van der Waals surface area contributed by atoms with E-state index in [0.717, 1.165) is 4.31 Å². The Labute approximate surface area is 201 Å². The summed E-state index contributed by atoms with van der Waals surface area (Å²) in [7, 11) is -3.95. The zero-order valence-electron chi connectivity index (χ0n) is 17.3. The van der Waals surface area contributed by atoms with Crippen LogP contribution in [0.4, 0.5) is 5.69 Å². The lowest BCUT2D eigenvalue weighted by atomic mass is 10.2. The zero-order chi connectivity index (χ0) is 23.4. The van der Waals surface area contributed by atoms with Crippen molar-refractivity contribution >= 4 is 44.8 Å². The number of hydrogen-bond acceptors (Lipinski definition) is 5. The summed E-state index contributed by atoms with van der Waals surface area (Å²) in [6.07, 6.45) is -1.06. The summed E-state index contributed by atoms with van der Waals surface area (Å²) in [5.41, 5.74) is 0.275. The van der Waals surface area contributed by atoms with Crippen LogP contribution in [0.15, 0.2) is 77.7 Å². The second-order valence-electron chi connectivity index (χ2n) is 7.14. The molecular weight excluding hydrogens is 487 g/mol. The van der Waals surface area contributed by atoms with Crippen LogP contribution in [-0.2, 0) is 14.8 Å². The lowest BCUT2D eigenvalue weighted by Gasteiger charge is -2.34. The van der Waals surface area contributed by atoms with Gasteiger partial charge in [0.25, 0.3) is 15.9 Å². The fourth-order valence-corrected chi connectivity index (χ4v) is 5.16. The molecule has 1 heterocycles. The van der Waals surface area contributed by atoms with Crippen molar-refractivity contribution < 1.29 is 22.7 Å². The summed E-state index contributed by atoms with van der Waals surface area (Å²) in [6.45, 7) is 0.158. The van der Waals surface area contributed by atoms with E-state index in [9.17, 15) is 13.2 Å². The van der Waals surface area contributed by atoms with Crippen molar-refractivity contribution in [2.75, 3.05) is 24.0 Å². The number of hydrogen-bond donors (Lipinski definition) is 1. The van der Waals surface area contributed by atoms with Crippen LogP contribution in [0, 0.1) is 0 Å². The first-order valence-electron chi connectivity index (χ1n) is 10.1. The molecule has 1 aliphatic heterocycles. The molecule has 0 fully saturated rings. The normalized spacial score (nSPS) is 15.3. The lowest BCUT2D eigenvalue weighted by Crippen LogP contribution is -2.51. The Hall–Kier alpha value is -2.94. The first-order chi connectivity index (χ1) is 15.9. The SMILES string of the molecule is O=C(NCCOc1ccccc1Cl)[C@@H]1CN(S(=O)(=O)c2ccccc2)c2cc(Cl)ccc2O1. The minimum Gasteiger partial charge on any atom is -0.490 e. The summed E-state index contributed by atoms with van der Waals surface area (Å²) in [5.74, 6) is 0.289. The molecule has 0 saturated heterocycles. The Bertz CT molecular complexity index is 1250. The number of carbonyl (C=O) groups is 1. The number of nitrogens with one attached hydrogen (secondary N) is 1. The number of anilines is 1. The molecule has 1 aliphatic rings. The topological polar surface area (TPSA) is 84.9 Å². The second kappa shape index (κ2) is 9.91. The monoisotopic (exact) mass is 506 g/mol. The third kappa shape index (κ3) is 5.19. The lowest BCUT2D eigenvalue weighted by molar-refractivity contribution is -0.127. The number of benzene rings is 3. The van der Waals surface area contributed by atoms with Crippen LogP contribution in [-0.4, -0.2) is 40.1 Å². The van der Waals surface area contributed by atoms with E-state index in [-0.39, 0.29) is 36.0 Å². The maximum absolute atomic E-state index is 13.3. The van der Waals surface area contributed by atoms with Gasteiger partial charge in [-0.05, 0) is 42.5 Å². The van der Waals surface area contributed by atoms with Crippen molar-refractivity contribution in [2.24, 2.45) is 0 Å². The Morgan fingerprint density at radius 1 is 1.06 bits per heavy atom. The van der Waals surface area contributed by atoms with Gasteiger partial charge in [-0.1, -0.05) is 53.5 Å². The van der Waals surface area contributed by atoms with E-state index in [1.54, 1.807) is 54.6 Å². The minimum absolute atomic E-state index is 0.102. The number of rotatable bonds is 7. The van der Waals surface area contributed by atoms with E-state index < -0.39 is 22.0 Å². The summed E-state index contributed by atoms with van der Waals surface area (Å²) in [6, 6.07) is 19.6. The average molecular weight is 507 g/mol. The van der Waals surface area contributed by atoms with Crippen molar-refractivity contribution in [1.82, 2.24) is 5.32 Å². The highest BCUT2D eigenvalue weighted by Gasteiger charge is 2.37. The molecule has 4 rings (SSSR count). The molecule has 0 spiro atoms. The quantitative estimate of drug-likeness (QED) is 0.486. The predicted molar refractivity (Wildman–Crippen MR) is 127 cm³/mol. The van der Waals surface area contributed by atoms with Crippen LogP contribution >= 0.6 is 23.2 Å². The molecule has 0 aliphatic carbocycles. The van der Waals surface area contributed by atoms with Gasteiger partial charge in [0, 0.05) is 5.02 Å². The van der Waals surface area contributed by atoms with Crippen molar-refractivity contribution in [1.29, 1.82) is 0 Å². The van der Waals surface area contributed by atoms with Gasteiger partial charge in [-0.2, -0.15) is 0 Å². The smallest absolute Gasteiger partial charge is 0.264 e. The fraction of sp³-hybridized carbons (Fsp3) is 0.174. The standard InChI is InChI=1S/C23H20Cl2N2O5S/c24-16-10-11-21-19(14-16)27(33(29,30)17-6-2-1-3-7-17)15-22(32-21)23(28)26-12-13-31-20-9-5-4-8-18(20)25/h1-11,14,22H,12-13,15H2,(H,26,28)/t22-/m0/s1. The van der Waals surface area contributed by atoms with E-state index in [2.05, 4.69) is 5.32 Å². The zero-order valence-corrected chi connectivity index (χ0v) is 19.6. The van der Waals surface area contributed by atoms with Crippen molar-refractivity contribution in [3.63, 3.8) is 0 Å². The Morgan fingerprint density at radius 2 is 1.79 bits per heavy atom. The number of carbonyl (C=O) groups excluding carboxylic acids is 1. The van der Waals surface area contributed by atoms with Gasteiger partial charge < -0.3 is 14.8 Å². The number of nitrogens with zero attached hydrogens (tertiary/aromatic N) is 1. The molecule has 1 atom stereocenters. The average Bonchev–Trinajstić information content (AvgIpc) is 2.82. The molecule has 3 aromatic rings. The molecule has 10 heteroatoms. The Morgan fingerprint density at radius 3 is 2.55 bits per heavy atom. The molecule has 1 N–H and O–H groups in total. The maximum atomic E-state index is 13.3. The van der Waals surface area contributed by atoms with E-state index in [1.165, 1.54) is 18.2 Å². The third-order valence-electron chi connectivity index (χ3n) is 4.91. The molecule has 33 heavy (non-hydrogen) atoms. The van der Waals surface area contributed by atoms with Gasteiger partial charge in [0.1, 0.15) is 18.1 Å².